The molecule has 0 saturated carbocycles. The van der Waals surface area contributed by atoms with Crippen LogP contribution in [-0.4, -0.2) is 43.4 Å². The molecule has 0 radical (unpaired) electrons. The molecular weight excluding hydrogens is 194 g/mol. The molecule has 1 aliphatic rings. The summed E-state index contributed by atoms with van der Waals surface area (Å²) in [6.45, 7) is 6.52. The summed E-state index contributed by atoms with van der Waals surface area (Å²) in [4.78, 5) is 13.4. The van der Waals surface area contributed by atoms with Crippen molar-refractivity contribution in [2.24, 2.45) is 0 Å². The predicted molar refractivity (Wildman–Crippen MR) is 57.5 cm³/mol. The number of ether oxygens (including phenoxy) is 2. The minimum atomic E-state index is -0.262. The zero-order valence-corrected chi connectivity index (χ0v) is 9.70. The van der Waals surface area contributed by atoms with E-state index in [2.05, 4.69) is 0 Å². The number of hydrogen-bond donors (Lipinski definition) is 0. The number of amides is 1. The molecule has 0 aromatic carbocycles. The molecule has 4 heteroatoms. The van der Waals surface area contributed by atoms with Crippen LogP contribution in [0.2, 0.25) is 0 Å². The topological polar surface area (TPSA) is 38.8 Å². The molecule has 0 unspecified atom stereocenters. The lowest BCUT2D eigenvalue weighted by atomic mass is 10.1. The van der Waals surface area contributed by atoms with E-state index in [4.69, 9.17) is 9.47 Å². The lowest BCUT2D eigenvalue weighted by Gasteiger charge is -2.30. The number of rotatable bonds is 6. The molecule has 15 heavy (non-hydrogen) atoms. The normalized spacial score (nSPS) is 17.5. The smallest absolute Gasteiger partial charge is 0.222 e. The summed E-state index contributed by atoms with van der Waals surface area (Å²) in [7, 11) is 0. The van der Waals surface area contributed by atoms with Gasteiger partial charge in [-0.15, -0.1) is 0 Å². The minimum absolute atomic E-state index is 0.227. The molecule has 1 fully saturated rings. The molecule has 1 aliphatic heterocycles. The summed E-state index contributed by atoms with van der Waals surface area (Å²) in [5, 5.41) is 0. The molecule has 0 spiro atoms. The van der Waals surface area contributed by atoms with Gasteiger partial charge >= 0.3 is 0 Å². The number of hydrogen-bond acceptors (Lipinski definition) is 3. The fourth-order valence-electron chi connectivity index (χ4n) is 1.76. The van der Waals surface area contributed by atoms with Crippen LogP contribution >= 0.6 is 0 Å². The van der Waals surface area contributed by atoms with Crippen LogP contribution in [0.3, 0.4) is 0 Å². The third kappa shape index (κ3) is 4.18. The van der Waals surface area contributed by atoms with E-state index < -0.39 is 0 Å². The van der Waals surface area contributed by atoms with Gasteiger partial charge in [0.15, 0.2) is 6.29 Å². The van der Waals surface area contributed by atoms with Gasteiger partial charge in [-0.25, -0.2) is 0 Å². The molecule has 0 atom stereocenters. The fourth-order valence-corrected chi connectivity index (χ4v) is 1.76. The summed E-state index contributed by atoms with van der Waals surface area (Å²) >= 11 is 0. The van der Waals surface area contributed by atoms with E-state index in [-0.39, 0.29) is 12.2 Å². The molecule has 1 amide bonds. The Balaban J connectivity index is 2.37. The second kappa shape index (κ2) is 6.80. The van der Waals surface area contributed by atoms with Crippen molar-refractivity contribution >= 4 is 5.91 Å². The van der Waals surface area contributed by atoms with Crippen molar-refractivity contribution in [2.75, 3.05) is 26.3 Å². The highest BCUT2D eigenvalue weighted by Crippen LogP contribution is 2.12. The second-order valence-corrected chi connectivity index (χ2v) is 3.64. The van der Waals surface area contributed by atoms with Gasteiger partial charge in [0.1, 0.15) is 0 Å². The molecule has 1 heterocycles. The number of carbonyl (C=O) groups is 1. The number of carbonyl (C=O) groups excluding carboxylic acids is 1. The molecule has 0 bridgehead atoms. The van der Waals surface area contributed by atoms with Crippen LogP contribution in [0.15, 0.2) is 0 Å². The third-order valence-electron chi connectivity index (χ3n) is 2.50. The highest BCUT2D eigenvalue weighted by Gasteiger charge is 2.21. The van der Waals surface area contributed by atoms with E-state index in [0.717, 1.165) is 19.4 Å². The fraction of sp³-hybridized carbons (Fsp3) is 0.909. The first-order valence-electron chi connectivity index (χ1n) is 5.78. The molecule has 4 nitrogen and oxygen atoms in total. The molecule has 0 aromatic heterocycles. The van der Waals surface area contributed by atoms with Gasteiger partial charge in [0, 0.05) is 26.2 Å². The van der Waals surface area contributed by atoms with Crippen molar-refractivity contribution in [1.29, 1.82) is 0 Å². The maximum Gasteiger partial charge on any atom is 0.222 e. The van der Waals surface area contributed by atoms with E-state index in [9.17, 15) is 4.79 Å². The largest absolute Gasteiger partial charge is 0.351 e. The van der Waals surface area contributed by atoms with Gasteiger partial charge in [-0.05, 0) is 26.7 Å². The molecule has 1 rings (SSSR count). The highest BCUT2D eigenvalue weighted by molar-refractivity contribution is 5.76. The minimum Gasteiger partial charge on any atom is -0.351 e. The van der Waals surface area contributed by atoms with E-state index in [0.29, 0.717) is 26.2 Å². The van der Waals surface area contributed by atoms with E-state index in [1.807, 2.05) is 18.7 Å². The molecular formula is C11H21NO3. The standard InChI is InChI=1S/C11H21NO3/c1-3-14-11(15-4-2)9-12-8-6-5-7-10(12)13/h11H,3-9H2,1-2H3. The van der Waals surface area contributed by atoms with Gasteiger partial charge in [-0.3, -0.25) is 4.79 Å². The van der Waals surface area contributed by atoms with Crippen LogP contribution in [0.1, 0.15) is 33.1 Å². The molecule has 0 aromatic rings. The zero-order chi connectivity index (χ0) is 11.1. The number of likely N-dealkylation sites (tertiary alicyclic amines) is 1. The van der Waals surface area contributed by atoms with Crippen LogP contribution < -0.4 is 0 Å². The van der Waals surface area contributed by atoms with Crippen molar-refractivity contribution in [2.45, 2.75) is 39.4 Å². The SMILES string of the molecule is CCOC(CN1CCCCC1=O)OCC. The molecule has 1 saturated heterocycles. The van der Waals surface area contributed by atoms with E-state index in [1.165, 1.54) is 0 Å². The van der Waals surface area contributed by atoms with Crippen molar-refractivity contribution < 1.29 is 14.3 Å². The van der Waals surface area contributed by atoms with Crippen LogP contribution in [0.25, 0.3) is 0 Å². The van der Waals surface area contributed by atoms with Crippen molar-refractivity contribution in [3.05, 3.63) is 0 Å². The molecule has 0 N–H and O–H groups in total. The van der Waals surface area contributed by atoms with Gasteiger partial charge in [0.25, 0.3) is 0 Å². The first-order chi connectivity index (χ1) is 7.27. The van der Waals surface area contributed by atoms with Gasteiger partial charge in [0.05, 0.1) is 6.54 Å². The number of piperidine rings is 1. The Labute approximate surface area is 91.5 Å². The van der Waals surface area contributed by atoms with Gasteiger partial charge in [-0.2, -0.15) is 0 Å². The van der Waals surface area contributed by atoms with Crippen molar-refractivity contribution in [3.63, 3.8) is 0 Å². The average Bonchev–Trinajstić information content (AvgIpc) is 2.22. The van der Waals surface area contributed by atoms with Crippen LogP contribution in [0.4, 0.5) is 0 Å². The quantitative estimate of drug-likeness (QED) is 0.629. The lowest BCUT2D eigenvalue weighted by molar-refractivity contribution is -0.160. The average molecular weight is 215 g/mol. The van der Waals surface area contributed by atoms with Gasteiger partial charge in [0.2, 0.25) is 5.91 Å². The maximum atomic E-state index is 11.6. The Hall–Kier alpha value is -0.610. The maximum absolute atomic E-state index is 11.6. The van der Waals surface area contributed by atoms with Crippen LogP contribution in [0, 0.1) is 0 Å². The lowest BCUT2D eigenvalue weighted by Crippen LogP contribution is -2.42. The van der Waals surface area contributed by atoms with Crippen LogP contribution in [-0.2, 0) is 14.3 Å². The van der Waals surface area contributed by atoms with Gasteiger partial charge in [-0.1, -0.05) is 0 Å². The predicted octanol–water partition coefficient (Wildman–Crippen LogP) is 1.40. The second-order valence-electron chi connectivity index (χ2n) is 3.64. The Kier molecular flexibility index (Phi) is 5.65. The summed E-state index contributed by atoms with van der Waals surface area (Å²) in [6.07, 6.45) is 2.52. The number of nitrogens with zero attached hydrogens (tertiary/aromatic N) is 1. The Morgan fingerprint density at radius 2 is 1.93 bits per heavy atom. The van der Waals surface area contributed by atoms with Crippen LogP contribution in [0.5, 0.6) is 0 Å². The summed E-state index contributed by atoms with van der Waals surface area (Å²) in [5.74, 6) is 0.227. The van der Waals surface area contributed by atoms with Crippen molar-refractivity contribution in [3.8, 4) is 0 Å². The monoisotopic (exact) mass is 215 g/mol. The van der Waals surface area contributed by atoms with Crippen molar-refractivity contribution in [1.82, 2.24) is 4.90 Å². The zero-order valence-electron chi connectivity index (χ0n) is 9.70. The van der Waals surface area contributed by atoms with Gasteiger partial charge < -0.3 is 14.4 Å². The summed E-state index contributed by atoms with van der Waals surface area (Å²) in [6, 6.07) is 0. The first-order valence-corrected chi connectivity index (χ1v) is 5.78. The third-order valence-corrected chi connectivity index (χ3v) is 2.50. The summed E-state index contributed by atoms with van der Waals surface area (Å²) in [5.41, 5.74) is 0. The molecule has 0 aliphatic carbocycles. The molecule has 88 valence electrons. The highest BCUT2D eigenvalue weighted by atomic mass is 16.7. The van der Waals surface area contributed by atoms with E-state index in [1.54, 1.807) is 0 Å². The Bertz CT molecular complexity index is 190. The Morgan fingerprint density at radius 1 is 1.27 bits per heavy atom. The Morgan fingerprint density at radius 3 is 2.47 bits per heavy atom. The first kappa shape index (κ1) is 12.5. The van der Waals surface area contributed by atoms with E-state index >= 15 is 0 Å². The summed E-state index contributed by atoms with van der Waals surface area (Å²) < 4.78 is 10.8.